The van der Waals surface area contributed by atoms with Gasteiger partial charge in [-0.2, -0.15) is 0 Å². The number of amides is 2. The number of carbonyl (C=O) groups is 2. The molecule has 4 rings (SSSR count). The summed E-state index contributed by atoms with van der Waals surface area (Å²) in [6.07, 6.45) is 1.69. The molecule has 3 aromatic carbocycles. The molecule has 0 aliphatic carbocycles. The summed E-state index contributed by atoms with van der Waals surface area (Å²) in [7, 11) is 1.55. The van der Waals surface area contributed by atoms with Crippen molar-refractivity contribution in [1.82, 2.24) is 0 Å². The van der Waals surface area contributed by atoms with Crippen LogP contribution in [0.4, 0.5) is 15.8 Å². The number of rotatable bonds is 6. The van der Waals surface area contributed by atoms with Crippen molar-refractivity contribution in [3.05, 3.63) is 95.9 Å². The number of halogens is 1. The van der Waals surface area contributed by atoms with Crippen molar-refractivity contribution in [2.45, 2.75) is 12.2 Å². The minimum Gasteiger partial charge on any atom is -0.497 e. The number of hydrogen-bond acceptors (Lipinski definition) is 5. The largest absolute Gasteiger partial charge is 0.497 e. The lowest BCUT2D eigenvalue weighted by molar-refractivity contribution is -0.115. The number of aliphatic imine (C=N–C) groups is 1. The van der Waals surface area contributed by atoms with E-state index in [2.05, 4.69) is 10.3 Å². The van der Waals surface area contributed by atoms with E-state index in [4.69, 9.17) is 4.74 Å². The molecule has 6 nitrogen and oxygen atoms in total. The van der Waals surface area contributed by atoms with Gasteiger partial charge < -0.3 is 10.1 Å². The van der Waals surface area contributed by atoms with Crippen LogP contribution in [0.15, 0.2) is 89.6 Å². The van der Waals surface area contributed by atoms with Crippen molar-refractivity contribution in [2.75, 3.05) is 17.3 Å². The standard InChI is InChI=1S/C26H22FN3O3S/c1-17(24(31)28-20-9-6-10-22(16-20)33-2)34-26-29-23(15-18-7-4-3-5-8-18)25(32)30(26)21-13-11-19(27)12-14-21/h3-17H,1-2H3,(H,28,31)/b23-15+/t17-/m1/s1. The van der Waals surface area contributed by atoms with Crippen molar-refractivity contribution in [1.29, 1.82) is 0 Å². The number of nitrogens with zero attached hydrogens (tertiary/aromatic N) is 2. The maximum atomic E-state index is 13.5. The Balaban J connectivity index is 1.59. The highest BCUT2D eigenvalue weighted by atomic mass is 32.2. The number of ether oxygens (including phenoxy) is 1. The highest BCUT2D eigenvalue weighted by Crippen LogP contribution is 2.31. The summed E-state index contributed by atoms with van der Waals surface area (Å²) < 4.78 is 18.7. The van der Waals surface area contributed by atoms with Gasteiger partial charge in [0.05, 0.1) is 18.0 Å². The van der Waals surface area contributed by atoms with E-state index in [-0.39, 0.29) is 17.5 Å². The monoisotopic (exact) mass is 475 g/mol. The van der Waals surface area contributed by atoms with Crippen LogP contribution >= 0.6 is 11.8 Å². The van der Waals surface area contributed by atoms with E-state index in [0.29, 0.717) is 22.3 Å². The Bertz CT molecular complexity index is 1260. The third kappa shape index (κ3) is 5.35. The second-order valence-electron chi connectivity index (χ2n) is 7.43. The van der Waals surface area contributed by atoms with Gasteiger partial charge in [0.15, 0.2) is 5.17 Å². The SMILES string of the molecule is COc1cccc(NC(=O)[C@@H](C)SC2=N/C(=C/c3ccccc3)C(=O)N2c2ccc(F)cc2)c1. The Hall–Kier alpha value is -3.91. The van der Waals surface area contributed by atoms with Gasteiger partial charge in [-0.15, -0.1) is 0 Å². The fourth-order valence-electron chi connectivity index (χ4n) is 3.26. The Morgan fingerprint density at radius 3 is 2.53 bits per heavy atom. The summed E-state index contributed by atoms with van der Waals surface area (Å²) in [6.45, 7) is 1.73. The molecule has 1 heterocycles. The summed E-state index contributed by atoms with van der Waals surface area (Å²) in [5.41, 5.74) is 2.12. The third-order valence-electron chi connectivity index (χ3n) is 5.01. The van der Waals surface area contributed by atoms with Crippen LogP contribution in [0.1, 0.15) is 12.5 Å². The van der Waals surface area contributed by atoms with Crippen molar-refractivity contribution < 1.29 is 18.7 Å². The molecule has 0 unspecified atom stereocenters. The Kier molecular flexibility index (Phi) is 7.08. The molecule has 1 N–H and O–H groups in total. The first-order valence-corrected chi connectivity index (χ1v) is 11.4. The topological polar surface area (TPSA) is 71.0 Å². The first-order chi connectivity index (χ1) is 16.4. The summed E-state index contributed by atoms with van der Waals surface area (Å²) in [6, 6.07) is 22.0. The highest BCUT2D eigenvalue weighted by Gasteiger charge is 2.34. The molecule has 1 atom stereocenters. The predicted molar refractivity (Wildman–Crippen MR) is 134 cm³/mol. The van der Waals surface area contributed by atoms with Crippen LogP contribution in [-0.2, 0) is 9.59 Å². The van der Waals surface area contributed by atoms with Crippen molar-refractivity contribution in [2.24, 2.45) is 4.99 Å². The maximum Gasteiger partial charge on any atom is 0.283 e. The lowest BCUT2D eigenvalue weighted by Gasteiger charge is -2.20. The zero-order chi connectivity index (χ0) is 24.1. The van der Waals surface area contributed by atoms with Crippen LogP contribution in [-0.4, -0.2) is 29.3 Å². The van der Waals surface area contributed by atoms with Crippen LogP contribution in [0, 0.1) is 5.82 Å². The third-order valence-corrected chi connectivity index (χ3v) is 6.06. The van der Waals surface area contributed by atoms with Gasteiger partial charge >= 0.3 is 0 Å². The smallest absolute Gasteiger partial charge is 0.283 e. The predicted octanol–water partition coefficient (Wildman–Crippen LogP) is 5.34. The van der Waals surface area contributed by atoms with Crippen molar-refractivity contribution >= 4 is 46.2 Å². The summed E-state index contributed by atoms with van der Waals surface area (Å²) in [5, 5.41) is 2.62. The van der Waals surface area contributed by atoms with E-state index in [1.807, 2.05) is 30.3 Å². The molecular weight excluding hydrogens is 453 g/mol. The van der Waals surface area contributed by atoms with Gasteiger partial charge in [-0.1, -0.05) is 48.2 Å². The molecule has 1 aliphatic rings. The number of amidine groups is 1. The molecule has 8 heteroatoms. The molecule has 0 fully saturated rings. The van der Waals surface area contributed by atoms with Crippen LogP contribution in [0.5, 0.6) is 5.75 Å². The molecule has 1 aliphatic heterocycles. The van der Waals surface area contributed by atoms with Crippen LogP contribution < -0.4 is 15.0 Å². The number of anilines is 2. The summed E-state index contributed by atoms with van der Waals surface area (Å²) >= 11 is 1.15. The van der Waals surface area contributed by atoms with E-state index in [9.17, 15) is 14.0 Å². The second-order valence-corrected chi connectivity index (χ2v) is 8.74. The number of carbonyl (C=O) groups excluding carboxylic acids is 2. The first-order valence-electron chi connectivity index (χ1n) is 10.5. The normalized spacial score (nSPS) is 15.3. The van der Waals surface area contributed by atoms with E-state index in [1.165, 1.54) is 29.2 Å². The van der Waals surface area contributed by atoms with E-state index in [1.54, 1.807) is 44.4 Å². The number of methoxy groups -OCH3 is 1. The average molecular weight is 476 g/mol. The molecule has 34 heavy (non-hydrogen) atoms. The van der Waals surface area contributed by atoms with E-state index in [0.717, 1.165) is 17.3 Å². The van der Waals surface area contributed by atoms with Gasteiger partial charge in [-0.3, -0.25) is 14.5 Å². The molecule has 3 aromatic rings. The van der Waals surface area contributed by atoms with Gasteiger partial charge in [-0.05, 0) is 55.0 Å². The zero-order valence-electron chi connectivity index (χ0n) is 18.6. The summed E-state index contributed by atoms with van der Waals surface area (Å²) in [4.78, 5) is 32.0. The van der Waals surface area contributed by atoms with Crippen LogP contribution in [0.3, 0.4) is 0 Å². The molecular formula is C26H22FN3O3S. The Labute approximate surface area is 201 Å². The number of nitrogens with one attached hydrogen (secondary N) is 1. The van der Waals surface area contributed by atoms with Gasteiger partial charge in [-0.25, -0.2) is 9.38 Å². The minimum absolute atomic E-state index is 0.235. The fraction of sp³-hybridized carbons (Fsp3) is 0.115. The highest BCUT2D eigenvalue weighted by molar-refractivity contribution is 8.15. The Morgan fingerprint density at radius 1 is 1.09 bits per heavy atom. The van der Waals surface area contributed by atoms with Crippen molar-refractivity contribution in [3.8, 4) is 5.75 Å². The van der Waals surface area contributed by atoms with E-state index >= 15 is 0 Å². The van der Waals surface area contributed by atoms with Gasteiger partial charge in [0, 0.05) is 11.8 Å². The van der Waals surface area contributed by atoms with Gasteiger partial charge in [0.25, 0.3) is 5.91 Å². The molecule has 0 bridgehead atoms. The lowest BCUT2D eigenvalue weighted by atomic mass is 10.2. The summed E-state index contributed by atoms with van der Waals surface area (Å²) in [5.74, 6) is -0.388. The number of hydrogen-bond donors (Lipinski definition) is 1. The molecule has 172 valence electrons. The van der Waals surface area contributed by atoms with Crippen molar-refractivity contribution in [3.63, 3.8) is 0 Å². The zero-order valence-corrected chi connectivity index (χ0v) is 19.4. The average Bonchev–Trinajstić information content (AvgIpc) is 3.14. The van der Waals surface area contributed by atoms with Crippen LogP contribution in [0.25, 0.3) is 6.08 Å². The fourth-order valence-corrected chi connectivity index (χ4v) is 4.18. The van der Waals surface area contributed by atoms with Crippen LogP contribution in [0.2, 0.25) is 0 Å². The number of thioether (sulfide) groups is 1. The van der Waals surface area contributed by atoms with Gasteiger partial charge in [0.2, 0.25) is 5.91 Å². The molecule has 0 saturated heterocycles. The van der Waals surface area contributed by atoms with Gasteiger partial charge in [0.1, 0.15) is 17.3 Å². The lowest BCUT2D eigenvalue weighted by Crippen LogP contribution is -2.33. The number of benzene rings is 3. The molecule has 0 radical (unpaired) electrons. The van der Waals surface area contributed by atoms with E-state index < -0.39 is 11.1 Å². The molecule has 0 aromatic heterocycles. The molecule has 0 spiro atoms. The minimum atomic E-state index is -0.572. The quantitative estimate of drug-likeness (QED) is 0.489. The molecule has 0 saturated carbocycles. The Morgan fingerprint density at radius 2 is 1.82 bits per heavy atom. The first kappa shape index (κ1) is 23.3. The second kappa shape index (κ2) is 10.4. The molecule has 2 amide bonds. The maximum absolute atomic E-state index is 13.5.